The van der Waals surface area contributed by atoms with Crippen molar-refractivity contribution in [2.45, 2.75) is 39.2 Å². The van der Waals surface area contributed by atoms with Gasteiger partial charge in [-0.25, -0.2) is 0 Å². The Morgan fingerprint density at radius 2 is 2.11 bits per heavy atom. The van der Waals surface area contributed by atoms with Crippen LogP contribution in [0.15, 0.2) is 18.2 Å². The highest BCUT2D eigenvalue weighted by Crippen LogP contribution is 2.22. The first-order valence-electron chi connectivity index (χ1n) is 6.30. The van der Waals surface area contributed by atoms with E-state index in [1.165, 1.54) is 0 Å². The minimum absolute atomic E-state index is 0.103. The highest BCUT2D eigenvalue weighted by molar-refractivity contribution is 5.95. The Morgan fingerprint density at radius 3 is 2.63 bits per heavy atom. The summed E-state index contributed by atoms with van der Waals surface area (Å²) < 4.78 is 5.31. The first-order valence-corrected chi connectivity index (χ1v) is 6.30. The van der Waals surface area contributed by atoms with Crippen molar-refractivity contribution >= 4 is 5.91 Å². The lowest BCUT2D eigenvalue weighted by Gasteiger charge is -2.21. The molecular formula is C16H21NO2. The monoisotopic (exact) mass is 259 g/mol. The summed E-state index contributed by atoms with van der Waals surface area (Å²) >= 11 is 0. The van der Waals surface area contributed by atoms with Crippen LogP contribution < -0.4 is 10.1 Å². The SMILES string of the molecule is C#CCCc1ccc(C(=O)NC(C)(C)C)cc1OC. The molecule has 0 aliphatic rings. The van der Waals surface area contributed by atoms with Gasteiger partial charge in [-0.15, -0.1) is 12.3 Å². The number of hydrogen-bond donors (Lipinski definition) is 1. The molecule has 1 aromatic rings. The Morgan fingerprint density at radius 1 is 1.42 bits per heavy atom. The molecule has 0 aliphatic heterocycles. The molecule has 1 aromatic carbocycles. The van der Waals surface area contributed by atoms with E-state index in [4.69, 9.17) is 11.2 Å². The van der Waals surface area contributed by atoms with Crippen molar-refractivity contribution in [1.82, 2.24) is 5.32 Å². The van der Waals surface area contributed by atoms with Gasteiger partial charge >= 0.3 is 0 Å². The van der Waals surface area contributed by atoms with Gasteiger partial charge in [0.1, 0.15) is 5.75 Å². The molecule has 0 spiro atoms. The van der Waals surface area contributed by atoms with Crippen molar-refractivity contribution in [3.8, 4) is 18.1 Å². The summed E-state index contributed by atoms with van der Waals surface area (Å²) in [4.78, 5) is 12.1. The van der Waals surface area contributed by atoms with E-state index in [9.17, 15) is 4.79 Å². The molecule has 3 nitrogen and oxygen atoms in total. The molecule has 0 heterocycles. The van der Waals surface area contributed by atoms with E-state index in [2.05, 4.69) is 11.2 Å². The van der Waals surface area contributed by atoms with Gasteiger partial charge in [0, 0.05) is 17.5 Å². The van der Waals surface area contributed by atoms with Crippen LogP contribution in [-0.4, -0.2) is 18.6 Å². The molecule has 3 heteroatoms. The van der Waals surface area contributed by atoms with Crippen molar-refractivity contribution in [1.29, 1.82) is 0 Å². The van der Waals surface area contributed by atoms with E-state index in [1.807, 2.05) is 26.8 Å². The van der Waals surface area contributed by atoms with Crippen LogP contribution in [0.1, 0.15) is 43.1 Å². The van der Waals surface area contributed by atoms with Crippen molar-refractivity contribution in [3.05, 3.63) is 29.3 Å². The third-order valence-corrected chi connectivity index (χ3v) is 2.58. The maximum absolute atomic E-state index is 12.1. The molecule has 1 amide bonds. The zero-order valence-electron chi connectivity index (χ0n) is 12.0. The third kappa shape index (κ3) is 4.67. The second-order valence-corrected chi connectivity index (χ2v) is 5.43. The molecule has 19 heavy (non-hydrogen) atoms. The normalized spacial score (nSPS) is 10.7. The summed E-state index contributed by atoms with van der Waals surface area (Å²) in [6, 6.07) is 5.45. The van der Waals surface area contributed by atoms with Crippen LogP contribution in [0.5, 0.6) is 5.75 Å². The van der Waals surface area contributed by atoms with Gasteiger partial charge in [-0.2, -0.15) is 0 Å². The van der Waals surface area contributed by atoms with Gasteiger partial charge < -0.3 is 10.1 Å². The van der Waals surface area contributed by atoms with Gasteiger partial charge in [0.15, 0.2) is 0 Å². The average molecular weight is 259 g/mol. The van der Waals surface area contributed by atoms with Crippen LogP contribution in [-0.2, 0) is 6.42 Å². The average Bonchev–Trinajstić information content (AvgIpc) is 2.34. The topological polar surface area (TPSA) is 38.3 Å². The molecule has 0 saturated heterocycles. The van der Waals surface area contributed by atoms with Gasteiger partial charge in [0.25, 0.3) is 5.91 Å². The predicted molar refractivity (Wildman–Crippen MR) is 77.4 cm³/mol. The number of benzene rings is 1. The number of amides is 1. The summed E-state index contributed by atoms with van der Waals surface area (Å²) in [5, 5.41) is 2.92. The van der Waals surface area contributed by atoms with Gasteiger partial charge in [0.2, 0.25) is 0 Å². The van der Waals surface area contributed by atoms with E-state index in [0.717, 1.165) is 12.0 Å². The quantitative estimate of drug-likeness (QED) is 0.844. The van der Waals surface area contributed by atoms with Crippen LogP contribution in [0, 0.1) is 12.3 Å². The molecule has 102 valence electrons. The lowest BCUT2D eigenvalue weighted by Crippen LogP contribution is -2.40. The van der Waals surface area contributed by atoms with Crippen LogP contribution in [0.4, 0.5) is 0 Å². The number of methoxy groups -OCH3 is 1. The molecule has 0 unspecified atom stereocenters. The first kappa shape index (κ1) is 15.1. The minimum atomic E-state index is -0.257. The summed E-state index contributed by atoms with van der Waals surface area (Å²) in [5.41, 5.74) is 1.36. The van der Waals surface area contributed by atoms with E-state index in [-0.39, 0.29) is 11.4 Å². The highest BCUT2D eigenvalue weighted by atomic mass is 16.5. The minimum Gasteiger partial charge on any atom is -0.496 e. The smallest absolute Gasteiger partial charge is 0.251 e. The fourth-order valence-corrected chi connectivity index (χ4v) is 1.71. The van der Waals surface area contributed by atoms with Crippen molar-refractivity contribution in [3.63, 3.8) is 0 Å². The van der Waals surface area contributed by atoms with E-state index in [0.29, 0.717) is 17.7 Å². The summed E-state index contributed by atoms with van der Waals surface area (Å²) in [6.07, 6.45) is 6.67. The standard InChI is InChI=1S/C16H21NO2/c1-6-7-8-12-9-10-13(11-14(12)19-5)15(18)17-16(2,3)4/h1,9-11H,7-8H2,2-5H3,(H,17,18). The van der Waals surface area contributed by atoms with Crippen LogP contribution >= 0.6 is 0 Å². The molecule has 0 fully saturated rings. The largest absolute Gasteiger partial charge is 0.496 e. The second kappa shape index (κ2) is 6.29. The van der Waals surface area contributed by atoms with E-state index >= 15 is 0 Å². The Bertz CT molecular complexity index is 492. The number of hydrogen-bond acceptors (Lipinski definition) is 2. The van der Waals surface area contributed by atoms with Crippen molar-refractivity contribution in [2.75, 3.05) is 7.11 Å². The lowest BCUT2D eigenvalue weighted by atomic mass is 10.0. The number of carbonyl (C=O) groups excluding carboxylic acids is 1. The number of ether oxygens (including phenoxy) is 1. The summed E-state index contributed by atoms with van der Waals surface area (Å²) in [6.45, 7) is 5.84. The van der Waals surface area contributed by atoms with Crippen molar-refractivity contribution < 1.29 is 9.53 Å². The summed E-state index contributed by atoms with van der Waals surface area (Å²) in [7, 11) is 1.60. The zero-order valence-corrected chi connectivity index (χ0v) is 12.0. The number of terminal acetylenes is 1. The van der Waals surface area contributed by atoms with Crippen LogP contribution in [0.2, 0.25) is 0 Å². The maximum atomic E-state index is 12.1. The number of aryl methyl sites for hydroxylation is 1. The fourth-order valence-electron chi connectivity index (χ4n) is 1.71. The van der Waals surface area contributed by atoms with Crippen LogP contribution in [0.25, 0.3) is 0 Å². The molecule has 0 aliphatic carbocycles. The zero-order chi connectivity index (χ0) is 14.5. The molecule has 0 aromatic heterocycles. The Balaban J connectivity index is 2.94. The number of carbonyl (C=O) groups is 1. The predicted octanol–water partition coefficient (Wildman–Crippen LogP) is 2.79. The Hall–Kier alpha value is -1.95. The van der Waals surface area contributed by atoms with Crippen molar-refractivity contribution in [2.24, 2.45) is 0 Å². The van der Waals surface area contributed by atoms with Gasteiger partial charge in [-0.05, 0) is 44.9 Å². The van der Waals surface area contributed by atoms with Gasteiger partial charge in [-0.3, -0.25) is 4.79 Å². The molecule has 0 bridgehead atoms. The molecule has 1 N–H and O–H groups in total. The number of nitrogens with one attached hydrogen (secondary N) is 1. The van der Waals surface area contributed by atoms with Crippen LogP contribution in [0.3, 0.4) is 0 Å². The first-order chi connectivity index (χ1) is 8.87. The summed E-state index contributed by atoms with van der Waals surface area (Å²) in [5.74, 6) is 3.20. The third-order valence-electron chi connectivity index (χ3n) is 2.58. The van der Waals surface area contributed by atoms with Gasteiger partial charge in [-0.1, -0.05) is 6.07 Å². The van der Waals surface area contributed by atoms with E-state index in [1.54, 1.807) is 19.2 Å². The maximum Gasteiger partial charge on any atom is 0.251 e. The number of rotatable bonds is 4. The van der Waals surface area contributed by atoms with E-state index < -0.39 is 0 Å². The lowest BCUT2D eigenvalue weighted by molar-refractivity contribution is 0.0919. The molecule has 0 radical (unpaired) electrons. The molecule has 0 saturated carbocycles. The highest BCUT2D eigenvalue weighted by Gasteiger charge is 2.16. The Kier molecular flexibility index (Phi) is 5.00. The molecule has 1 rings (SSSR count). The molecular weight excluding hydrogens is 238 g/mol. The second-order valence-electron chi connectivity index (χ2n) is 5.43. The molecule has 0 atom stereocenters. The van der Waals surface area contributed by atoms with Gasteiger partial charge in [0.05, 0.1) is 7.11 Å². The Labute approximate surface area is 115 Å². The fraction of sp³-hybridized carbons (Fsp3) is 0.438.